The highest BCUT2D eigenvalue weighted by atomic mass is 127. The molecule has 72 valence electrons. The standard InChI is InChI=1S/C8H9IO3S/c1-12-7-3-6(9)4-8(5-7)13(2,10)11/h3-5H,1-2H3. The summed E-state index contributed by atoms with van der Waals surface area (Å²) in [6, 6.07) is 4.89. The molecule has 13 heavy (non-hydrogen) atoms. The van der Waals surface area contributed by atoms with Crippen LogP contribution in [0.15, 0.2) is 23.1 Å². The van der Waals surface area contributed by atoms with Gasteiger partial charge in [0.25, 0.3) is 0 Å². The van der Waals surface area contributed by atoms with Crippen molar-refractivity contribution in [2.75, 3.05) is 13.4 Å². The van der Waals surface area contributed by atoms with Gasteiger partial charge in [0, 0.05) is 9.83 Å². The van der Waals surface area contributed by atoms with Crippen molar-refractivity contribution in [2.45, 2.75) is 4.90 Å². The first-order chi connectivity index (χ1) is 5.93. The van der Waals surface area contributed by atoms with E-state index in [0.29, 0.717) is 5.75 Å². The number of halogens is 1. The summed E-state index contributed by atoms with van der Waals surface area (Å²) >= 11 is 2.05. The van der Waals surface area contributed by atoms with Crippen molar-refractivity contribution in [1.29, 1.82) is 0 Å². The van der Waals surface area contributed by atoms with Crippen molar-refractivity contribution in [3.05, 3.63) is 21.8 Å². The lowest BCUT2D eigenvalue weighted by Gasteiger charge is -2.03. The van der Waals surface area contributed by atoms with Gasteiger partial charge in [0.1, 0.15) is 5.75 Å². The van der Waals surface area contributed by atoms with Gasteiger partial charge < -0.3 is 4.74 Å². The third-order valence-corrected chi connectivity index (χ3v) is 3.22. The van der Waals surface area contributed by atoms with Crippen LogP contribution in [-0.2, 0) is 9.84 Å². The second-order valence-electron chi connectivity index (χ2n) is 2.60. The van der Waals surface area contributed by atoms with Crippen LogP contribution in [0.2, 0.25) is 0 Å². The third-order valence-electron chi connectivity index (χ3n) is 1.51. The first-order valence-electron chi connectivity index (χ1n) is 3.48. The topological polar surface area (TPSA) is 43.4 Å². The van der Waals surface area contributed by atoms with Crippen LogP contribution < -0.4 is 4.74 Å². The Hall–Kier alpha value is -0.300. The zero-order valence-corrected chi connectivity index (χ0v) is 10.2. The van der Waals surface area contributed by atoms with Crippen LogP contribution >= 0.6 is 22.6 Å². The molecule has 0 saturated heterocycles. The Morgan fingerprint density at radius 1 is 1.31 bits per heavy atom. The molecule has 1 aromatic rings. The fourth-order valence-corrected chi connectivity index (χ4v) is 2.39. The lowest BCUT2D eigenvalue weighted by Crippen LogP contribution is -1.98. The molecule has 0 aliphatic heterocycles. The average Bonchev–Trinajstić information content (AvgIpc) is 2.01. The van der Waals surface area contributed by atoms with Gasteiger partial charge in [0.15, 0.2) is 9.84 Å². The molecule has 0 aliphatic carbocycles. The zero-order valence-electron chi connectivity index (χ0n) is 7.24. The van der Waals surface area contributed by atoms with E-state index >= 15 is 0 Å². The van der Waals surface area contributed by atoms with Gasteiger partial charge >= 0.3 is 0 Å². The van der Waals surface area contributed by atoms with Crippen LogP contribution in [-0.4, -0.2) is 21.8 Å². The number of hydrogen-bond donors (Lipinski definition) is 0. The van der Waals surface area contributed by atoms with E-state index in [9.17, 15) is 8.42 Å². The Bertz CT molecular complexity index is 411. The van der Waals surface area contributed by atoms with E-state index in [4.69, 9.17) is 4.74 Å². The summed E-state index contributed by atoms with van der Waals surface area (Å²) < 4.78 is 28.2. The molecule has 0 spiro atoms. The Morgan fingerprint density at radius 2 is 1.92 bits per heavy atom. The molecule has 0 saturated carbocycles. The monoisotopic (exact) mass is 312 g/mol. The summed E-state index contributed by atoms with van der Waals surface area (Å²) in [6.45, 7) is 0. The lowest BCUT2D eigenvalue weighted by molar-refractivity contribution is 0.413. The van der Waals surface area contributed by atoms with E-state index in [1.165, 1.54) is 19.4 Å². The summed E-state index contributed by atoms with van der Waals surface area (Å²) in [5.41, 5.74) is 0. The molecule has 5 heteroatoms. The van der Waals surface area contributed by atoms with Crippen LogP contribution in [0.5, 0.6) is 5.75 Å². The van der Waals surface area contributed by atoms with E-state index in [-0.39, 0.29) is 4.90 Å². The molecule has 0 bridgehead atoms. The maximum absolute atomic E-state index is 11.2. The molecule has 1 rings (SSSR count). The number of hydrogen-bond acceptors (Lipinski definition) is 3. The Labute approximate surface area is 91.2 Å². The highest BCUT2D eigenvalue weighted by Gasteiger charge is 2.09. The molecule has 0 N–H and O–H groups in total. The van der Waals surface area contributed by atoms with Crippen LogP contribution in [0.1, 0.15) is 0 Å². The molecule has 0 radical (unpaired) electrons. The quantitative estimate of drug-likeness (QED) is 0.781. The van der Waals surface area contributed by atoms with E-state index in [2.05, 4.69) is 0 Å². The highest BCUT2D eigenvalue weighted by Crippen LogP contribution is 2.21. The Kier molecular flexibility index (Phi) is 3.18. The van der Waals surface area contributed by atoms with Gasteiger partial charge in [-0.1, -0.05) is 0 Å². The number of sulfone groups is 1. The maximum Gasteiger partial charge on any atom is 0.175 e. The van der Waals surface area contributed by atoms with Gasteiger partial charge in [-0.15, -0.1) is 0 Å². The average molecular weight is 312 g/mol. The second-order valence-corrected chi connectivity index (χ2v) is 5.86. The first kappa shape index (κ1) is 10.8. The number of ether oxygens (including phenoxy) is 1. The summed E-state index contributed by atoms with van der Waals surface area (Å²) in [4.78, 5) is 0.288. The number of rotatable bonds is 2. The molecule has 0 heterocycles. The predicted molar refractivity (Wildman–Crippen MR) is 58.8 cm³/mol. The van der Waals surface area contributed by atoms with Crippen molar-refractivity contribution in [1.82, 2.24) is 0 Å². The van der Waals surface area contributed by atoms with Crippen molar-refractivity contribution in [2.24, 2.45) is 0 Å². The van der Waals surface area contributed by atoms with E-state index in [1.54, 1.807) is 12.1 Å². The fraction of sp³-hybridized carbons (Fsp3) is 0.250. The minimum absolute atomic E-state index is 0.288. The SMILES string of the molecule is COc1cc(I)cc(S(C)(=O)=O)c1. The van der Waals surface area contributed by atoms with E-state index < -0.39 is 9.84 Å². The normalized spacial score (nSPS) is 11.3. The lowest BCUT2D eigenvalue weighted by atomic mass is 10.3. The Morgan fingerprint density at radius 3 is 2.38 bits per heavy atom. The van der Waals surface area contributed by atoms with Crippen LogP contribution in [0.4, 0.5) is 0 Å². The van der Waals surface area contributed by atoms with Gasteiger partial charge in [0.05, 0.1) is 12.0 Å². The van der Waals surface area contributed by atoms with Gasteiger partial charge in [-0.25, -0.2) is 8.42 Å². The molecular formula is C8H9IO3S. The van der Waals surface area contributed by atoms with Crippen molar-refractivity contribution >= 4 is 32.4 Å². The van der Waals surface area contributed by atoms with Gasteiger partial charge in [-0.05, 0) is 40.8 Å². The van der Waals surface area contributed by atoms with E-state index in [1.807, 2.05) is 22.6 Å². The Balaban J connectivity index is 3.33. The minimum Gasteiger partial charge on any atom is -0.497 e. The molecule has 0 atom stereocenters. The third kappa shape index (κ3) is 2.84. The van der Waals surface area contributed by atoms with Gasteiger partial charge in [-0.2, -0.15) is 0 Å². The smallest absolute Gasteiger partial charge is 0.175 e. The molecule has 0 aromatic heterocycles. The largest absolute Gasteiger partial charge is 0.497 e. The van der Waals surface area contributed by atoms with Crippen molar-refractivity contribution in [3.63, 3.8) is 0 Å². The molecule has 0 fully saturated rings. The highest BCUT2D eigenvalue weighted by molar-refractivity contribution is 14.1. The van der Waals surface area contributed by atoms with Gasteiger partial charge in [0.2, 0.25) is 0 Å². The summed E-state index contributed by atoms with van der Waals surface area (Å²) in [7, 11) is -1.63. The van der Waals surface area contributed by atoms with Crippen molar-refractivity contribution in [3.8, 4) is 5.75 Å². The molecule has 1 aromatic carbocycles. The summed E-state index contributed by atoms with van der Waals surface area (Å²) in [5, 5.41) is 0. The minimum atomic E-state index is -3.14. The molecule has 0 aliphatic rings. The summed E-state index contributed by atoms with van der Waals surface area (Å²) in [5.74, 6) is 0.562. The number of benzene rings is 1. The van der Waals surface area contributed by atoms with Crippen LogP contribution in [0.25, 0.3) is 0 Å². The first-order valence-corrected chi connectivity index (χ1v) is 6.45. The fourth-order valence-electron chi connectivity index (χ4n) is 0.869. The predicted octanol–water partition coefficient (Wildman–Crippen LogP) is 1.70. The maximum atomic E-state index is 11.2. The zero-order chi connectivity index (χ0) is 10.1. The molecular weight excluding hydrogens is 303 g/mol. The molecule has 0 unspecified atom stereocenters. The van der Waals surface area contributed by atoms with E-state index in [0.717, 1.165) is 3.57 Å². The van der Waals surface area contributed by atoms with Crippen LogP contribution in [0.3, 0.4) is 0 Å². The number of methoxy groups -OCH3 is 1. The van der Waals surface area contributed by atoms with Crippen LogP contribution in [0, 0.1) is 3.57 Å². The summed E-state index contributed by atoms with van der Waals surface area (Å²) in [6.07, 6.45) is 1.18. The van der Waals surface area contributed by atoms with Gasteiger partial charge in [-0.3, -0.25) is 0 Å². The van der Waals surface area contributed by atoms with Crippen molar-refractivity contribution < 1.29 is 13.2 Å². The second kappa shape index (κ2) is 3.83. The molecule has 3 nitrogen and oxygen atoms in total. The molecule has 0 amide bonds.